The van der Waals surface area contributed by atoms with Gasteiger partial charge in [0.05, 0.1) is 13.2 Å². The predicted octanol–water partition coefficient (Wildman–Crippen LogP) is 5.53. The fourth-order valence-electron chi connectivity index (χ4n) is 4.23. The third-order valence-corrected chi connectivity index (χ3v) is 5.81. The molecule has 0 amide bonds. The van der Waals surface area contributed by atoms with Crippen LogP contribution in [0, 0.1) is 0 Å². The summed E-state index contributed by atoms with van der Waals surface area (Å²) >= 11 is 0. The number of hydrogen-bond donors (Lipinski definition) is 0. The molecular weight excluding hydrogens is 396 g/mol. The Kier molecular flexibility index (Phi) is 7.99. The van der Waals surface area contributed by atoms with E-state index in [4.69, 9.17) is 18.6 Å². The molecule has 1 aliphatic rings. The number of ether oxygens (including phenoxy) is 3. The van der Waals surface area contributed by atoms with Gasteiger partial charge in [-0.25, -0.2) is 9.59 Å². The molecule has 0 aliphatic heterocycles. The highest BCUT2D eigenvalue weighted by molar-refractivity contribution is 6.04. The summed E-state index contributed by atoms with van der Waals surface area (Å²) in [5.41, 5.74) is 0.158. The van der Waals surface area contributed by atoms with E-state index in [0.29, 0.717) is 12.2 Å². The van der Waals surface area contributed by atoms with Gasteiger partial charge in [0.2, 0.25) is 0 Å². The first-order valence-electron chi connectivity index (χ1n) is 11.6. The van der Waals surface area contributed by atoms with Crippen molar-refractivity contribution in [3.63, 3.8) is 0 Å². The highest BCUT2D eigenvalue weighted by Crippen LogP contribution is 2.35. The number of esters is 2. The van der Waals surface area contributed by atoms with Gasteiger partial charge in [0.15, 0.2) is 0 Å². The minimum atomic E-state index is -1.82. The molecule has 3 rings (SSSR count). The summed E-state index contributed by atoms with van der Waals surface area (Å²) in [5, 5.41) is 1.07. The summed E-state index contributed by atoms with van der Waals surface area (Å²) in [7, 11) is 0. The minimum absolute atomic E-state index is 0.155. The quantitative estimate of drug-likeness (QED) is 0.265. The van der Waals surface area contributed by atoms with Gasteiger partial charge in [0.25, 0.3) is 0 Å². The Morgan fingerprint density at radius 3 is 2.35 bits per heavy atom. The largest absolute Gasteiger partial charge is 0.464 e. The second-order valence-corrected chi connectivity index (χ2v) is 8.05. The molecule has 2 aromatic rings. The molecule has 31 heavy (non-hydrogen) atoms. The Morgan fingerprint density at radius 2 is 1.68 bits per heavy atom. The van der Waals surface area contributed by atoms with E-state index in [1.807, 2.05) is 6.07 Å². The van der Waals surface area contributed by atoms with Crippen molar-refractivity contribution in [2.24, 2.45) is 0 Å². The number of unbranched alkanes of at least 4 members (excludes halogenated alkanes) is 3. The van der Waals surface area contributed by atoms with Gasteiger partial charge in [0.1, 0.15) is 17.1 Å². The molecule has 0 N–H and O–H groups in total. The molecule has 0 radical (unpaired) electrons. The number of hydrogen-bond acceptors (Lipinski definition) is 6. The molecular formula is C25H34O6. The zero-order chi connectivity index (χ0) is 22.3. The Balaban J connectivity index is 1.94. The maximum Gasteiger partial charge on any atom is 0.362 e. The average molecular weight is 431 g/mol. The van der Waals surface area contributed by atoms with Crippen LogP contribution in [-0.2, 0) is 31.9 Å². The van der Waals surface area contributed by atoms with Gasteiger partial charge in [-0.3, -0.25) is 0 Å². The maximum absolute atomic E-state index is 13.0. The predicted molar refractivity (Wildman–Crippen MR) is 118 cm³/mol. The normalized spacial score (nSPS) is 13.6. The number of furan rings is 1. The number of carbonyl (C=O) groups is 2. The van der Waals surface area contributed by atoms with Crippen molar-refractivity contribution in [2.75, 3.05) is 13.2 Å². The van der Waals surface area contributed by atoms with Crippen LogP contribution in [0.1, 0.15) is 77.0 Å². The van der Waals surface area contributed by atoms with Crippen molar-refractivity contribution in [3.05, 3.63) is 29.5 Å². The monoisotopic (exact) mass is 430 g/mol. The van der Waals surface area contributed by atoms with Crippen LogP contribution >= 0.6 is 0 Å². The van der Waals surface area contributed by atoms with E-state index >= 15 is 0 Å². The third-order valence-electron chi connectivity index (χ3n) is 5.81. The smallest absolute Gasteiger partial charge is 0.362 e. The van der Waals surface area contributed by atoms with Crippen LogP contribution in [0.15, 0.2) is 22.6 Å². The lowest BCUT2D eigenvalue weighted by atomic mass is 9.94. The summed E-state index contributed by atoms with van der Waals surface area (Å²) in [6, 6.07) is 5.52. The molecule has 0 fully saturated rings. The zero-order valence-corrected chi connectivity index (χ0v) is 19.0. The Bertz CT molecular complexity index is 879. The summed E-state index contributed by atoms with van der Waals surface area (Å²) in [5.74, 6) is 0.0165. The van der Waals surface area contributed by atoms with Crippen LogP contribution in [0.4, 0.5) is 0 Å². The molecule has 6 nitrogen and oxygen atoms in total. The van der Waals surface area contributed by atoms with Crippen LogP contribution in [-0.4, -0.2) is 30.8 Å². The molecule has 0 atom stereocenters. The van der Waals surface area contributed by atoms with Gasteiger partial charge in [-0.1, -0.05) is 26.2 Å². The van der Waals surface area contributed by atoms with Gasteiger partial charge < -0.3 is 18.6 Å². The van der Waals surface area contributed by atoms with Crippen LogP contribution in [0.3, 0.4) is 0 Å². The molecule has 1 aromatic heterocycles. The Hall–Kier alpha value is -2.50. The molecule has 1 heterocycles. The minimum Gasteiger partial charge on any atom is -0.464 e. The van der Waals surface area contributed by atoms with Gasteiger partial charge >= 0.3 is 17.5 Å². The van der Waals surface area contributed by atoms with Crippen LogP contribution < -0.4 is 4.74 Å². The van der Waals surface area contributed by atoms with Crippen molar-refractivity contribution in [1.29, 1.82) is 0 Å². The molecule has 0 unspecified atom stereocenters. The number of fused-ring (bicyclic) bond motifs is 3. The third kappa shape index (κ3) is 5.05. The molecule has 0 saturated carbocycles. The second kappa shape index (κ2) is 10.7. The second-order valence-electron chi connectivity index (χ2n) is 8.05. The van der Waals surface area contributed by atoms with Crippen LogP contribution in [0.2, 0.25) is 0 Å². The average Bonchev–Trinajstić information content (AvgIpc) is 3.14. The summed E-state index contributed by atoms with van der Waals surface area (Å²) in [4.78, 5) is 26.0. The highest BCUT2D eigenvalue weighted by Gasteiger charge is 2.51. The molecule has 0 bridgehead atoms. The van der Waals surface area contributed by atoms with Gasteiger partial charge in [-0.15, -0.1) is 0 Å². The van der Waals surface area contributed by atoms with Crippen LogP contribution in [0.25, 0.3) is 11.0 Å². The van der Waals surface area contributed by atoms with E-state index in [0.717, 1.165) is 61.7 Å². The van der Waals surface area contributed by atoms with Crippen molar-refractivity contribution >= 4 is 22.9 Å². The van der Waals surface area contributed by atoms with Gasteiger partial charge in [-0.05, 0) is 51.7 Å². The standard InChI is InChI=1S/C25H34O6/c1-4-7-8-11-16-25(23(26)28-5-2,24(27)29-6-3)31-18-14-15-20-19-12-9-10-13-21(19)30-22(20)17-18/h14-15,17H,4-13,16H2,1-3H3. The molecule has 1 aliphatic carbocycles. The first-order valence-corrected chi connectivity index (χ1v) is 11.6. The van der Waals surface area contributed by atoms with Gasteiger partial charge in [0, 0.05) is 29.9 Å². The molecule has 0 spiro atoms. The maximum atomic E-state index is 13.0. The summed E-state index contributed by atoms with van der Waals surface area (Å²) < 4.78 is 22.7. The Labute approximate surface area is 184 Å². The lowest BCUT2D eigenvalue weighted by Gasteiger charge is -2.30. The first kappa shape index (κ1) is 23.2. The lowest BCUT2D eigenvalue weighted by Crippen LogP contribution is -2.53. The first-order chi connectivity index (χ1) is 15.1. The van der Waals surface area contributed by atoms with E-state index in [-0.39, 0.29) is 19.6 Å². The van der Waals surface area contributed by atoms with E-state index in [2.05, 4.69) is 6.92 Å². The molecule has 6 heteroatoms. The van der Waals surface area contributed by atoms with Crippen molar-refractivity contribution in [1.82, 2.24) is 0 Å². The van der Waals surface area contributed by atoms with E-state index in [1.54, 1.807) is 26.0 Å². The molecule has 170 valence electrons. The van der Waals surface area contributed by atoms with Crippen molar-refractivity contribution in [2.45, 2.75) is 84.2 Å². The summed E-state index contributed by atoms with van der Waals surface area (Å²) in [6.45, 7) is 5.84. The highest BCUT2D eigenvalue weighted by atomic mass is 16.6. The number of carbonyl (C=O) groups excluding carboxylic acids is 2. The van der Waals surface area contributed by atoms with E-state index < -0.39 is 17.5 Å². The fourth-order valence-corrected chi connectivity index (χ4v) is 4.23. The Morgan fingerprint density at radius 1 is 0.968 bits per heavy atom. The van der Waals surface area contributed by atoms with Crippen molar-refractivity contribution < 1.29 is 28.2 Å². The van der Waals surface area contributed by atoms with Gasteiger partial charge in [-0.2, -0.15) is 0 Å². The molecule has 0 saturated heterocycles. The SMILES string of the molecule is CCCCCCC(Oc1ccc2c3c(oc2c1)CCCC3)(C(=O)OCC)C(=O)OCC. The lowest BCUT2D eigenvalue weighted by molar-refractivity contribution is -0.180. The summed E-state index contributed by atoms with van der Waals surface area (Å²) in [6.07, 6.45) is 8.06. The topological polar surface area (TPSA) is 75.0 Å². The van der Waals surface area contributed by atoms with Crippen molar-refractivity contribution in [3.8, 4) is 5.75 Å². The fraction of sp³-hybridized carbons (Fsp3) is 0.600. The van der Waals surface area contributed by atoms with Crippen LogP contribution in [0.5, 0.6) is 5.75 Å². The molecule has 1 aromatic carbocycles. The zero-order valence-electron chi connectivity index (χ0n) is 19.0. The number of rotatable bonds is 11. The number of aryl methyl sites for hydroxylation is 2. The van der Waals surface area contributed by atoms with E-state index in [9.17, 15) is 9.59 Å². The number of benzene rings is 1. The van der Waals surface area contributed by atoms with E-state index in [1.165, 1.54) is 5.56 Å².